The van der Waals surface area contributed by atoms with E-state index in [0.29, 0.717) is 43.4 Å². The number of para-hydroxylation sites is 1. The molecule has 3 aromatic rings. The standard InChI is InChI=1S/C26H27N3O4/c1-2-32-21-11-9-19(10-12-21)15-17-27-24(30)13-14-25(31)29-18-20-6-3-4-8-23(20)33-26-22(29)7-5-16-28-26/h3-12,16H,2,13-15,17-18H2,1H3,(H,27,30). The van der Waals surface area contributed by atoms with Crippen LogP contribution in [0, 0.1) is 0 Å². The first-order valence-electron chi connectivity index (χ1n) is 11.1. The third-order valence-corrected chi connectivity index (χ3v) is 5.39. The first kappa shape index (κ1) is 22.3. The van der Waals surface area contributed by atoms with E-state index < -0.39 is 0 Å². The van der Waals surface area contributed by atoms with Gasteiger partial charge in [-0.25, -0.2) is 4.98 Å². The third-order valence-electron chi connectivity index (χ3n) is 5.39. The molecule has 170 valence electrons. The Morgan fingerprint density at radius 3 is 2.70 bits per heavy atom. The summed E-state index contributed by atoms with van der Waals surface area (Å²) in [5, 5.41) is 2.90. The van der Waals surface area contributed by atoms with Crippen molar-refractivity contribution in [2.75, 3.05) is 18.1 Å². The molecule has 0 atom stereocenters. The monoisotopic (exact) mass is 445 g/mol. The Hall–Kier alpha value is -3.87. The maximum absolute atomic E-state index is 13.1. The minimum absolute atomic E-state index is 0.103. The molecule has 1 aliphatic rings. The highest BCUT2D eigenvalue weighted by atomic mass is 16.5. The van der Waals surface area contributed by atoms with Crippen LogP contribution in [0.1, 0.15) is 30.9 Å². The molecule has 0 fully saturated rings. The number of carbonyl (C=O) groups is 2. The van der Waals surface area contributed by atoms with E-state index in [9.17, 15) is 9.59 Å². The highest BCUT2D eigenvalue weighted by Gasteiger charge is 2.26. The molecule has 0 aliphatic carbocycles. The topological polar surface area (TPSA) is 80.8 Å². The lowest BCUT2D eigenvalue weighted by molar-refractivity contribution is -0.125. The molecule has 7 nitrogen and oxygen atoms in total. The van der Waals surface area contributed by atoms with Gasteiger partial charge in [-0.3, -0.25) is 9.59 Å². The second kappa shape index (κ2) is 10.6. The van der Waals surface area contributed by atoms with Crippen molar-refractivity contribution < 1.29 is 19.1 Å². The number of carbonyl (C=O) groups excluding carboxylic acids is 2. The molecule has 1 N–H and O–H groups in total. The summed E-state index contributed by atoms with van der Waals surface area (Å²) in [6.45, 7) is 3.46. The summed E-state index contributed by atoms with van der Waals surface area (Å²) < 4.78 is 11.4. The van der Waals surface area contributed by atoms with E-state index in [1.165, 1.54) is 0 Å². The highest BCUT2D eigenvalue weighted by Crippen LogP contribution is 2.37. The number of amides is 2. The van der Waals surface area contributed by atoms with Crippen molar-refractivity contribution in [1.29, 1.82) is 0 Å². The molecule has 2 heterocycles. The van der Waals surface area contributed by atoms with E-state index in [0.717, 1.165) is 16.9 Å². The number of ether oxygens (including phenoxy) is 2. The van der Waals surface area contributed by atoms with Gasteiger partial charge in [-0.1, -0.05) is 30.3 Å². The van der Waals surface area contributed by atoms with E-state index in [4.69, 9.17) is 9.47 Å². The van der Waals surface area contributed by atoms with Gasteiger partial charge in [-0.2, -0.15) is 0 Å². The van der Waals surface area contributed by atoms with Gasteiger partial charge in [0.15, 0.2) is 0 Å². The van der Waals surface area contributed by atoms with Crippen LogP contribution in [-0.2, 0) is 22.6 Å². The molecule has 4 rings (SSSR count). The second-order valence-electron chi connectivity index (χ2n) is 7.69. The van der Waals surface area contributed by atoms with Crippen LogP contribution in [-0.4, -0.2) is 29.9 Å². The predicted octanol–water partition coefficient (Wildman–Crippen LogP) is 4.26. The van der Waals surface area contributed by atoms with Gasteiger partial charge in [-0.05, 0) is 49.2 Å². The van der Waals surface area contributed by atoms with Gasteiger partial charge in [0.2, 0.25) is 17.7 Å². The second-order valence-corrected chi connectivity index (χ2v) is 7.69. The number of anilines is 1. The zero-order valence-corrected chi connectivity index (χ0v) is 18.6. The molecular formula is C26H27N3O4. The van der Waals surface area contributed by atoms with Crippen LogP contribution in [0.4, 0.5) is 5.69 Å². The smallest absolute Gasteiger partial charge is 0.243 e. The molecular weight excluding hydrogens is 418 g/mol. The zero-order valence-electron chi connectivity index (χ0n) is 18.6. The molecule has 0 saturated carbocycles. The van der Waals surface area contributed by atoms with Crippen LogP contribution >= 0.6 is 0 Å². The first-order chi connectivity index (χ1) is 16.1. The lowest BCUT2D eigenvalue weighted by Crippen LogP contribution is -2.32. The minimum atomic E-state index is -0.147. The number of pyridine rings is 1. The maximum atomic E-state index is 13.1. The molecule has 33 heavy (non-hydrogen) atoms. The summed E-state index contributed by atoms with van der Waals surface area (Å²) >= 11 is 0. The maximum Gasteiger partial charge on any atom is 0.243 e. The van der Waals surface area contributed by atoms with Gasteiger partial charge in [0.1, 0.15) is 17.2 Å². The van der Waals surface area contributed by atoms with Crippen molar-refractivity contribution in [3.8, 4) is 17.4 Å². The van der Waals surface area contributed by atoms with Crippen LogP contribution < -0.4 is 19.7 Å². The van der Waals surface area contributed by atoms with Crippen LogP contribution in [0.3, 0.4) is 0 Å². The minimum Gasteiger partial charge on any atom is -0.494 e. The van der Waals surface area contributed by atoms with Crippen LogP contribution in [0.2, 0.25) is 0 Å². The number of nitrogens with zero attached hydrogens (tertiary/aromatic N) is 2. The van der Waals surface area contributed by atoms with E-state index in [2.05, 4.69) is 10.3 Å². The highest BCUT2D eigenvalue weighted by molar-refractivity contribution is 5.96. The normalized spacial score (nSPS) is 12.1. The molecule has 0 unspecified atom stereocenters. The number of fused-ring (bicyclic) bond motifs is 2. The van der Waals surface area contributed by atoms with Crippen LogP contribution in [0.15, 0.2) is 66.9 Å². The summed E-state index contributed by atoms with van der Waals surface area (Å²) in [7, 11) is 0. The summed E-state index contributed by atoms with van der Waals surface area (Å²) in [4.78, 5) is 31.3. The van der Waals surface area contributed by atoms with Crippen molar-refractivity contribution in [1.82, 2.24) is 10.3 Å². The van der Waals surface area contributed by atoms with Gasteiger partial charge < -0.3 is 19.7 Å². The molecule has 0 bridgehead atoms. The summed E-state index contributed by atoms with van der Waals surface area (Å²) in [6, 6.07) is 19.0. The van der Waals surface area contributed by atoms with Gasteiger partial charge in [-0.15, -0.1) is 0 Å². The van der Waals surface area contributed by atoms with E-state index >= 15 is 0 Å². The fraction of sp³-hybridized carbons (Fsp3) is 0.269. The van der Waals surface area contributed by atoms with Crippen LogP contribution in [0.25, 0.3) is 0 Å². The SMILES string of the molecule is CCOc1ccc(CCNC(=O)CCC(=O)N2Cc3ccccc3Oc3ncccc32)cc1. The molecule has 0 radical (unpaired) electrons. The van der Waals surface area contributed by atoms with Gasteiger partial charge >= 0.3 is 0 Å². The number of rotatable bonds is 8. The van der Waals surface area contributed by atoms with Gasteiger partial charge in [0, 0.05) is 31.1 Å². The number of hydrogen-bond acceptors (Lipinski definition) is 5. The zero-order chi connectivity index (χ0) is 23.0. The van der Waals surface area contributed by atoms with Crippen molar-refractivity contribution in [2.45, 2.75) is 32.7 Å². The molecule has 7 heteroatoms. The number of nitrogens with one attached hydrogen (secondary N) is 1. The summed E-state index contributed by atoms with van der Waals surface area (Å²) in [5.41, 5.74) is 2.61. The lowest BCUT2D eigenvalue weighted by atomic mass is 10.1. The quantitative estimate of drug-likeness (QED) is 0.560. The largest absolute Gasteiger partial charge is 0.494 e. The van der Waals surface area contributed by atoms with E-state index in [1.807, 2.05) is 61.5 Å². The Labute approximate surface area is 193 Å². The molecule has 2 amide bonds. The van der Waals surface area contributed by atoms with Gasteiger partial charge in [0.25, 0.3) is 0 Å². The molecule has 1 aromatic heterocycles. The third kappa shape index (κ3) is 5.68. The Morgan fingerprint density at radius 2 is 1.88 bits per heavy atom. The van der Waals surface area contributed by atoms with Crippen molar-refractivity contribution in [3.05, 3.63) is 78.0 Å². The van der Waals surface area contributed by atoms with Gasteiger partial charge in [0.05, 0.1) is 13.2 Å². The first-order valence-corrected chi connectivity index (χ1v) is 11.1. The van der Waals surface area contributed by atoms with E-state index in [1.54, 1.807) is 17.2 Å². The molecule has 2 aromatic carbocycles. The van der Waals surface area contributed by atoms with Crippen molar-refractivity contribution in [3.63, 3.8) is 0 Å². The van der Waals surface area contributed by atoms with Crippen molar-refractivity contribution >= 4 is 17.5 Å². The fourth-order valence-electron chi connectivity index (χ4n) is 3.69. The molecule has 0 spiro atoms. The molecule has 0 saturated heterocycles. The summed E-state index contributed by atoms with van der Waals surface area (Å²) in [6.07, 6.45) is 2.57. The fourth-order valence-corrected chi connectivity index (χ4v) is 3.69. The number of aromatic nitrogens is 1. The lowest BCUT2D eigenvalue weighted by Gasteiger charge is -2.21. The van der Waals surface area contributed by atoms with Crippen LogP contribution in [0.5, 0.6) is 17.4 Å². The van der Waals surface area contributed by atoms with Crippen molar-refractivity contribution in [2.24, 2.45) is 0 Å². The Balaban J connectivity index is 1.31. The number of hydrogen-bond donors (Lipinski definition) is 1. The molecule has 1 aliphatic heterocycles. The predicted molar refractivity (Wildman–Crippen MR) is 126 cm³/mol. The number of benzene rings is 2. The van der Waals surface area contributed by atoms with E-state index in [-0.39, 0.29) is 24.7 Å². The Kier molecular flexibility index (Phi) is 7.19. The Bertz CT molecular complexity index is 1110. The summed E-state index contributed by atoms with van der Waals surface area (Å²) in [5.74, 6) is 1.61. The average Bonchev–Trinajstić information content (AvgIpc) is 3.01. The Morgan fingerprint density at radius 1 is 1.06 bits per heavy atom. The average molecular weight is 446 g/mol.